The highest BCUT2D eigenvalue weighted by Crippen LogP contribution is 2.38. The lowest BCUT2D eigenvalue weighted by Crippen LogP contribution is -2.38. The third-order valence-corrected chi connectivity index (χ3v) is 4.33. The molecule has 1 N–H and O–H groups in total. The van der Waals surface area contributed by atoms with Gasteiger partial charge in [0.15, 0.2) is 17.5 Å². The van der Waals surface area contributed by atoms with E-state index in [1.54, 1.807) is 35.5 Å². The van der Waals surface area contributed by atoms with Crippen molar-refractivity contribution >= 4 is 29.9 Å². The van der Waals surface area contributed by atoms with Crippen molar-refractivity contribution in [2.75, 3.05) is 42.5 Å². The van der Waals surface area contributed by atoms with Crippen LogP contribution < -0.4 is 24.3 Å². The highest BCUT2D eigenvalue weighted by Gasteiger charge is 2.14. The highest BCUT2D eigenvalue weighted by atomic mass is 127. The minimum absolute atomic E-state index is 0. The van der Waals surface area contributed by atoms with Gasteiger partial charge in [-0.1, -0.05) is 12.1 Å². The molecular formula is C21H30IN3O4. The van der Waals surface area contributed by atoms with E-state index in [0.29, 0.717) is 23.8 Å². The van der Waals surface area contributed by atoms with Crippen molar-refractivity contribution in [3.05, 3.63) is 47.5 Å². The number of hydrogen-bond acceptors (Lipinski definition) is 5. The predicted octanol–water partition coefficient (Wildman–Crippen LogP) is 3.55. The predicted molar refractivity (Wildman–Crippen MR) is 126 cm³/mol. The van der Waals surface area contributed by atoms with E-state index in [-0.39, 0.29) is 24.0 Å². The van der Waals surface area contributed by atoms with Crippen LogP contribution in [0.2, 0.25) is 0 Å². The number of ether oxygens (including phenoxy) is 4. The van der Waals surface area contributed by atoms with Gasteiger partial charge in [0.05, 0.1) is 28.4 Å². The van der Waals surface area contributed by atoms with E-state index in [9.17, 15) is 0 Å². The summed E-state index contributed by atoms with van der Waals surface area (Å²) in [5.74, 6) is 3.45. The van der Waals surface area contributed by atoms with Gasteiger partial charge in [0.25, 0.3) is 0 Å². The molecule has 0 aliphatic heterocycles. The van der Waals surface area contributed by atoms with Gasteiger partial charge < -0.3 is 29.2 Å². The molecule has 0 saturated carbocycles. The largest absolute Gasteiger partial charge is 0.497 e. The zero-order chi connectivity index (χ0) is 20.5. The molecule has 0 radical (unpaired) electrons. The number of nitrogens with one attached hydrogen (secondary N) is 1. The van der Waals surface area contributed by atoms with Crippen LogP contribution >= 0.6 is 24.0 Å². The third kappa shape index (κ3) is 6.59. The Bertz CT molecular complexity index is 772. The molecule has 2 rings (SSSR count). The number of halogens is 1. The van der Waals surface area contributed by atoms with E-state index in [0.717, 1.165) is 23.8 Å². The Balaban J connectivity index is 0.00000420. The number of aliphatic imine (C=N–C) groups is 1. The molecule has 29 heavy (non-hydrogen) atoms. The summed E-state index contributed by atoms with van der Waals surface area (Å²) in [4.78, 5) is 6.43. The van der Waals surface area contributed by atoms with E-state index >= 15 is 0 Å². The lowest BCUT2D eigenvalue weighted by atomic mass is 10.1. The maximum absolute atomic E-state index is 5.41. The number of guanidine groups is 1. The zero-order valence-electron chi connectivity index (χ0n) is 17.8. The summed E-state index contributed by atoms with van der Waals surface area (Å²) in [5, 5.41) is 3.37. The van der Waals surface area contributed by atoms with Gasteiger partial charge in [-0.25, -0.2) is 0 Å². The Morgan fingerprint density at radius 3 is 1.93 bits per heavy atom. The van der Waals surface area contributed by atoms with Crippen LogP contribution in [0.1, 0.15) is 11.1 Å². The fraction of sp³-hybridized carbons (Fsp3) is 0.381. The normalized spacial score (nSPS) is 10.6. The van der Waals surface area contributed by atoms with E-state index in [1.807, 2.05) is 43.4 Å². The summed E-state index contributed by atoms with van der Waals surface area (Å²) in [7, 11) is 10.2. The molecule has 0 saturated heterocycles. The lowest BCUT2D eigenvalue weighted by molar-refractivity contribution is 0.323. The second-order valence-electron chi connectivity index (χ2n) is 6.14. The van der Waals surface area contributed by atoms with Crippen LogP contribution in [0.15, 0.2) is 41.4 Å². The van der Waals surface area contributed by atoms with E-state index in [4.69, 9.17) is 18.9 Å². The van der Waals surface area contributed by atoms with Crippen LogP contribution in [-0.2, 0) is 13.1 Å². The molecule has 8 heteroatoms. The fourth-order valence-corrected chi connectivity index (χ4v) is 2.88. The molecule has 0 bridgehead atoms. The Morgan fingerprint density at radius 1 is 0.897 bits per heavy atom. The Morgan fingerprint density at radius 2 is 1.48 bits per heavy atom. The molecule has 0 aromatic heterocycles. The second-order valence-corrected chi connectivity index (χ2v) is 6.14. The number of methoxy groups -OCH3 is 4. The molecule has 7 nitrogen and oxygen atoms in total. The first-order valence-electron chi connectivity index (χ1n) is 8.89. The van der Waals surface area contributed by atoms with Crippen molar-refractivity contribution in [2.45, 2.75) is 13.1 Å². The van der Waals surface area contributed by atoms with Crippen molar-refractivity contribution < 1.29 is 18.9 Å². The maximum atomic E-state index is 5.41. The summed E-state index contributed by atoms with van der Waals surface area (Å²) in [6, 6.07) is 11.8. The van der Waals surface area contributed by atoms with Crippen LogP contribution in [0.3, 0.4) is 0 Å². The minimum Gasteiger partial charge on any atom is -0.497 e. The average Bonchev–Trinajstić information content (AvgIpc) is 2.73. The number of rotatable bonds is 8. The van der Waals surface area contributed by atoms with Gasteiger partial charge in [-0.15, -0.1) is 24.0 Å². The minimum atomic E-state index is 0. The lowest BCUT2D eigenvalue weighted by Gasteiger charge is -2.23. The van der Waals surface area contributed by atoms with Crippen LogP contribution in [0.25, 0.3) is 0 Å². The Labute approximate surface area is 190 Å². The molecule has 0 atom stereocenters. The highest BCUT2D eigenvalue weighted by molar-refractivity contribution is 14.0. The van der Waals surface area contributed by atoms with Crippen molar-refractivity contribution in [3.8, 4) is 23.0 Å². The summed E-state index contributed by atoms with van der Waals surface area (Å²) >= 11 is 0. The maximum Gasteiger partial charge on any atom is 0.203 e. The van der Waals surface area contributed by atoms with Gasteiger partial charge in [-0.3, -0.25) is 4.99 Å². The Hall–Kier alpha value is -2.36. The number of hydrogen-bond donors (Lipinski definition) is 1. The first-order valence-corrected chi connectivity index (χ1v) is 8.89. The van der Waals surface area contributed by atoms with Crippen molar-refractivity contribution in [1.29, 1.82) is 0 Å². The molecule has 0 heterocycles. The van der Waals surface area contributed by atoms with Crippen molar-refractivity contribution in [1.82, 2.24) is 10.2 Å². The molecule has 2 aromatic carbocycles. The van der Waals surface area contributed by atoms with Gasteiger partial charge in [0, 0.05) is 27.2 Å². The molecular weight excluding hydrogens is 485 g/mol. The fourth-order valence-electron chi connectivity index (χ4n) is 2.88. The van der Waals surface area contributed by atoms with Gasteiger partial charge in [-0.05, 0) is 35.4 Å². The smallest absolute Gasteiger partial charge is 0.203 e. The molecule has 0 spiro atoms. The van der Waals surface area contributed by atoms with Crippen LogP contribution in [0.4, 0.5) is 0 Å². The van der Waals surface area contributed by atoms with Crippen LogP contribution in [0, 0.1) is 0 Å². The summed E-state index contributed by atoms with van der Waals surface area (Å²) < 4.78 is 21.4. The van der Waals surface area contributed by atoms with Crippen LogP contribution in [-0.4, -0.2) is 53.4 Å². The third-order valence-electron chi connectivity index (χ3n) is 4.33. The van der Waals surface area contributed by atoms with E-state index in [1.165, 1.54) is 5.56 Å². The van der Waals surface area contributed by atoms with Gasteiger partial charge in [0.2, 0.25) is 5.75 Å². The summed E-state index contributed by atoms with van der Waals surface area (Å²) in [6.45, 7) is 1.29. The first kappa shape index (κ1) is 24.7. The molecule has 0 fully saturated rings. The standard InChI is InChI=1S/C21H29N3O4.HI/c1-22-21(24(2)14-15-7-9-17(25-3)10-8-15)23-13-16-11-18(26-4)20(28-6)19(12-16)27-5;/h7-12H,13-14H2,1-6H3,(H,22,23);1H. The zero-order valence-corrected chi connectivity index (χ0v) is 20.1. The van der Waals surface area contributed by atoms with E-state index < -0.39 is 0 Å². The topological polar surface area (TPSA) is 64.6 Å². The summed E-state index contributed by atoms with van der Waals surface area (Å²) in [6.07, 6.45) is 0. The molecule has 160 valence electrons. The van der Waals surface area contributed by atoms with Crippen LogP contribution in [0.5, 0.6) is 23.0 Å². The Kier molecular flexibility index (Phi) is 10.4. The molecule has 0 amide bonds. The van der Waals surface area contributed by atoms with Crippen molar-refractivity contribution in [3.63, 3.8) is 0 Å². The number of benzene rings is 2. The SMILES string of the molecule is CN=C(NCc1cc(OC)c(OC)c(OC)c1)N(C)Cc1ccc(OC)cc1.I. The quantitative estimate of drug-likeness (QED) is 0.330. The molecule has 0 aliphatic rings. The van der Waals surface area contributed by atoms with E-state index in [2.05, 4.69) is 15.2 Å². The van der Waals surface area contributed by atoms with Gasteiger partial charge in [0.1, 0.15) is 5.75 Å². The van der Waals surface area contributed by atoms with Gasteiger partial charge >= 0.3 is 0 Å². The second kappa shape index (κ2) is 12.3. The van der Waals surface area contributed by atoms with Crippen molar-refractivity contribution in [2.24, 2.45) is 4.99 Å². The monoisotopic (exact) mass is 515 g/mol. The molecule has 0 unspecified atom stereocenters. The summed E-state index contributed by atoms with van der Waals surface area (Å²) in [5.41, 5.74) is 2.16. The first-order chi connectivity index (χ1) is 13.6. The average molecular weight is 515 g/mol. The van der Waals surface area contributed by atoms with Gasteiger partial charge in [-0.2, -0.15) is 0 Å². The number of nitrogens with zero attached hydrogens (tertiary/aromatic N) is 2. The molecule has 2 aromatic rings. The molecule has 0 aliphatic carbocycles.